The molecule has 1 N–H and O–H groups in total. The fourth-order valence-electron chi connectivity index (χ4n) is 0.669. The molecule has 0 saturated heterocycles. The third kappa shape index (κ3) is 1.81. The summed E-state index contributed by atoms with van der Waals surface area (Å²) in [5, 5.41) is -0.988. The van der Waals surface area contributed by atoms with Crippen molar-refractivity contribution in [2.75, 3.05) is 0 Å². The summed E-state index contributed by atoms with van der Waals surface area (Å²) in [5.41, 5.74) is 0. The second-order valence-corrected chi connectivity index (χ2v) is 3.91. The zero-order chi connectivity index (χ0) is 8.48. The van der Waals surface area contributed by atoms with Crippen LogP contribution in [0.15, 0.2) is 22.8 Å². The van der Waals surface area contributed by atoms with Crippen molar-refractivity contribution in [2.24, 2.45) is 0 Å². The Morgan fingerprint density at radius 3 is 2.64 bits per heavy atom. The Morgan fingerprint density at radius 2 is 2.27 bits per heavy atom. The number of rotatable bonds is 2. The summed E-state index contributed by atoms with van der Waals surface area (Å²) >= 11 is 0. The van der Waals surface area contributed by atoms with E-state index in [9.17, 15) is 8.42 Å². The Kier molecular flexibility index (Phi) is 2.01. The van der Waals surface area contributed by atoms with Crippen molar-refractivity contribution in [1.29, 1.82) is 0 Å². The minimum absolute atomic E-state index is 0.243. The molecule has 0 fully saturated rings. The lowest BCUT2D eigenvalue weighted by Crippen LogP contribution is -2.06. The van der Waals surface area contributed by atoms with Gasteiger partial charge in [0.25, 0.3) is 10.1 Å². The van der Waals surface area contributed by atoms with Gasteiger partial charge in [-0.15, -0.1) is 0 Å². The molecule has 0 spiro atoms. The third-order valence-electron chi connectivity index (χ3n) is 1.39. The normalized spacial score (nSPS) is 14.7. The summed E-state index contributed by atoms with van der Waals surface area (Å²) in [6.45, 7) is 1.36. The van der Waals surface area contributed by atoms with E-state index in [2.05, 4.69) is 0 Å². The molecule has 1 heterocycles. The molecule has 1 unspecified atom stereocenters. The molecule has 0 amide bonds. The number of furan rings is 1. The average molecular weight is 176 g/mol. The first-order valence-electron chi connectivity index (χ1n) is 3.01. The minimum Gasteiger partial charge on any atom is -0.468 e. The number of hydrogen-bond donors (Lipinski definition) is 1. The molecule has 62 valence electrons. The highest BCUT2D eigenvalue weighted by atomic mass is 32.2. The predicted octanol–water partition coefficient (Wildman–Crippen LogP) is 1.23. The molecule has 0 radical (unpaired) electrons. The van der Waals surface area contributed by atoms with Crippen LogP contribution < -0.4 is 0 Å². The fraction of sp³-hybridized carbons (Fsp3) is 0.333. The molecule has 0 saturated carbocycles. The quantitative estimate of drug-likeness (QED) is 0.688. The minimum atomic E-state index is -4.02. The van der Waals surface area contributed by atoms with Crippen LogP contribution in [0.2, 0.25) is 0 Å². The molecular formula is C6H8O4S. The largest absolute Gasteiger partial charge is 0.468 e. The first kappa shape index (κ1) is 8.29. The van der Waals surface area contributed by atoms with Gasteiger partial charge in [-0.05, 0) is 19.1 Å². The Morgan fingerprint density at radius 1 is 1.64 bits per heavy atom. The smallest absolute Gasteiger partial charge is 0.274 e. The zero-order valence-electron chi connectivity index (χ0n) is 5.89. The maximum atomic E-state index is 10.5. The van der Waals surface area contributed by atoms with E-state index in [0.29, 0.717) is 0 Å². The lowest BCUT2D eigenvalue weighted by atomic mass is 10.4. The maximum Gasteiger partial charge on any atom is 0.274 e. The van der Waals surface area contributed by atoms with Crippen molar-refractivity contribution in [1.82, 2.24) is 0 Å². The molecular weight excluding hydrogens is 168 g/mol. The lowest BCUT2D eigenvalue weighted by molar-refractivity contribution is 0.448. The topological polar surface area (TPSA) is 67.5 Å². The van der Waals surface area contributed by atoms with Crippen molar-refractivity contribution in [3.8, 4) is 0 Å². The van der Waals surface area contributed by atoms with E-state index >= 15 is 0 Å². The summed E-state index contributed by atoms with van der Waals surface area (Å²) in [4.78, 5) is 0. The Hall–Kier alpha value is -0.810. The Balaban J connectivity index is 2.97. The monoisotopic (exact) mass is 176 g/mol. The predicted molar refractivity (Wildman–Crippen MR) is 38.7 cm³/mol. The maximum absolute atomic E-state index is 10.5. The van der Waals surface area contributed by atoms with Gasteiger partial charge in [-0.3, -0.25) is 4.55 Å². The Bertz CT molecular complexity index is 310. The first-order valence-corrected chi connectivity index (χ1v) is 4.52. The van der Waals surface area contributed by atoms with Crippen molar-refractivity contribution >= 4 is 10.1 Å². The summed E-state index contributed by atoms with van der Waals surface area (Å²) in [6, 6.07) is 3.06. The van der Waals surface area contributed by atoms with Crippen LogP contribution in [-0.2, 0) is 10.1 Å². The molecule has 1 atom stereocenters. The number of hydrogen-bond acceptors (Lipinski definition) is 3. The van der Waals surface area contributed by atoms with Crippen molar-refractivity contribution in [2.45, 2.75) is 12.2 Å². The SMILES string of the molecule is CC(c1ccco1)S(=O)(=O)O. The van der Waals surface area contributed by atoms with Gasteiger partial charge >= 0.3 is 0 Å². The molecule has 5 heteroatoms. The van der Waals surface area contributed by atoms with E-state index in [4.69, 9.17) is 8.97 Å². The molecule has 1 aromatic rings. The highest BCUT2D eigenvalue weighted by Crippen LogP contribution is 2.20. The average Bonchev–Trinajstić information content (AvgIpc) is 2.34. The highest BCUT2D eigenvalue weighted by molar-refractivity contribution is 7.86. The Labute approximate surface area is 64.6 Å². The van der Waals surface area contributed by atoms with Crippen molar-refractivity contribution in [3.05, 3.63) is 24.2 Å². The molecule has 11 heavy (non-hydrogen) atoms. The standard InChI is InChI=1S/C6H8O4S/c1-5(11(7,8)9)6-3-2-4-10-6/h2-5H,1H3,(H,7,8,9). The van der Waals surface area contributed by atoms with Crippen LogP contribution in [0.5, 0.6) is 0 Å². The van der Waals surface area contributed by atoms with Crippen molar-refractivity contribution < 1.29 is 17.4 Å². The second-order valence-electron chi connectivity index (χ2n) is 2.17. The van der Waals surface area contributed by atoms with E-state index in [1.165, 1.54) is 19.3 Å². The molecule has 1 rings (SSSR count). The van der Waals surface area contributed by atoms with Crippen LogP contribution >= 0.6 is 0 Å². The first-order chi connectivity index (χ1) is 5.02. The molecule has 4 nitrogen and oxygen atoms in total. The van der Waals surface area contributed by atoms with Crippen molar-refractivity contribution in [3.63, 3.8) is 0 Å². The summed E-state index contributed by atoms with van der Waals surface area (Å²) in [6.07, 6.45) is 1.36. The van der Waals surface area contributed by atoms with Crippen LogP contribution in [0.1, 0.15) is 17.9 Å². The van der Waals surface area contributed by atoms with E-state index in [1.54, 1.807) is 6.07 Å². The van der Waals surface area contributed by atoms with E-state index in [1.807, 2.05) is 0 Å². The van der Waals surface area contributed by atoms with Gasteiger partial charge < -0.3 is 4.42 Å². The zero-order valence-corrected chi connectivity index (χ0v) is 6.71. The molecule has 0 bridgehead atoms. The third-order valence-corrected chi connectivity index (χ3v) is 2.52. The van der Waals surface area contributed by atoms with Crippen LogP contribution in [0.25, 0.3) is 0 Å². The van der Waals surface area contributed by atoms with Crippen LogP contribution in [0, 0.1) is 0 Å². The van der Waals surface area contributed by atoms with Gasteiger partial charge in [0.1, 0.15) is 11.0 Å². The second kappa shape index (κ2) is 2.67. The fourth-order valence-corrected chi connectivity index (χ4v) is 1.10. The highest BCUT2D eigenvalue weighted by Gasteiger charge is 2.21. The van der Waals surface area contributed by atoms with E-state index in [0.717, 1.165) is 0 Å². The van der Waals surface area contributed by atoms with E-state index in [-0.39, 0.29) is 5.76 Å². The van der Waals surface area contributed by atoms with Gasteiger partial charge in [0.2, 0.25) is 0 Å². The van der Waals surface area contributed by atoms with Crippen LogP contribution in [0.4, 0.5) is 0 Å². The van der Waals surface area contributed by atoms with Crippen LogP contribution in [0.3, 0.4) is 0 Å². The van der Waals surface area contributed by atoms with E-state index < -0.39 is 15.4 Å². The van der Waals surface area contributed by atoms with Gasteiger partial charge in [-0.1, -0.05) is 0 Å². The van der Waals surface area contributed by atoms with Crippen LogP contribution in [-0.4, -0.2) is 13.0 Å². The van der Waals surface area contributed by atoms with Gasteiger partial charge in [-0.2, -0.15) is 8.42 Å². The molecule has 0 aliphatic heterocycles. The molecule has 0 aliphatic rings. The molecule has 0 aromatic carbocycles. The van der Waals surface area contributed by atoms with Gasteiger partial charge in [0.15, 0.2) is 0 Å². The van der Waals surface area contributed by atoms with Gasteiger partial charge in [-0.25, -0.2) is 0 Å². The molecule has 0 aliphatic carbocycles. The van der Waals surface area contributed by atoms with Gasteiger partial charge in [0, 0.05) is 0 Å². The summed E-state index contributed by atoms with van der Waals surface area (Å²) in [5.74, 6) is 0.243. The summed E-state index contributed by atoms with van der Waals surface area (Å²) in [7, 11) is -4.02. The van der Waals surface area contributed by atoms with Gasteiger partial charge in [0.05, 0.1) is 6.26 Å². The lowest BCUT2D eigenvalue weighted by Gasteiger charge is -2.02. The molecule has 1 aromatic heterocycles. The summed E-state index contributed by atoms with van der Waals surface area (Å²) < 4.78 is 34.4.